The molecule has 4 rings (SSSR count). The van der Waals surface area contributed by atoms with E-state index < -0.39 is 0 Å². The van der Waals surface area contributed by atoms with E-state index in [2.05, 4.69) is 50.4 Å². The fourth-order valence-corrected chi connectivity index (χ4v) is 3.62. The van der Waals surface area contributed by atoms with E-state index in [0.29, 0.717) is 6.04 Å². The van der Waals surface area contributed by atoms with E-state index in [1.54, 1.807) is 0 Å². The maximum Gasteiger partial charge on any atom is 0.227 e. The topological polar surface area (TPSA) is 44.3 Å². The second kappa shape index (κ2) is 7.07. The maximum absolute atomic E-state index is 4.83. The van der Waals surface area contributed by atoms with Crippen molar-refractivity contribution >= 4 is 17.5 Å². The van der Waals surface area contributed by atoms with Gasteiger partial charge in [0.2, 0.25) is 5.95 Å². The summed E-state index contributed by atoms with van der Waals surface area (Å²) < 4.78 is 0. The second-order valence-electron chi connectivity index (χ2n) is 6.70. The van der Waals surface area contributed by atoms with Crippen molar-refractivity contribution in [2.24, 2.45) is 0 Å². The van der Waals surface area contributed by atoms with E-state index in [9.17, 15) is 0 Å². The Hall–Kier alpha value is -2.30. The van der Waals surface area contributed by atoms with Gasteiger partial charge in [-0.1, -0.05) is 18.2 Å². The minimum atomic E-state index is 0.473. The Labute approximate surface area is 143 Å². The van der Waals surface area contributed by atoms with Gasteiger partial charge in [0.1, 0.15) is 5.82 Å². The summed E-state index contributed by atoms with van der Waals surface area (Å²) in [7, 11) is 0. The molecule has 2 saturated heterocycles. The third-order valence-electron chi connectivity index (χ3n) is 4.92. The average Bonchev–Trinajstić information content (AvgIpc) is 3.12. The minimum absolute atomic E-state index is 0.473. The Morgan fingerprint density at radius 1 is 0.917 bits per heavy atom. The fraction of sp³-hybridized carbons (Fsp3) is 0.474. The third-order valence-corrected chi connectivity index (χ3v) is 4.92. The number of para-hydroxylation sites is 1. The van der Waals surface area contributed by atoms with Crippen molar-refractivity contribution in [2.75, 3.05) is 41.3 Å². The van der Waals surface area contributed by atoms with Gasteiger partial charge in [-0.05, 0) is 43.9 Å². The van der Waals surface area contributed by atoms with Crippen LogP contribution in [0.1, 0.15) is 25.7 Å². The lowest BCUT2D eigenvalue weighted by atomic mass is 10.1. The molecule has 1 aromatic carbocycles. The lowest BCUT2D eigenvalue weighted by molar-refractivity contribution is 0.568. The Morgan fingerprint density at radius 3 is 2.58 bits per heavy atom. The van der Waals surface area contributed by atoms with Gasteiger partial charge in [-0.25, -0.2) is 4.98 Å². The predicted molar refractivity (Wildman–Crippen MR) is 98.8 cm³/mol. The maximum atomic E-state index is 4.83. The van der Waals surface area contributed by atoms with Crippen molar-refractivity contribution in [1.29, 1.82) is 0 Å². The quantitative estimate of drug-likeness (QED) is 0.936. The van der Waals surface area contributed by atoms with Gasteiger partial charge in [0.15, 0.2) is 0 Å². The standard InChI is InChI=1S/C19H25N5/c1-3-7-16(8-4-1)21-17-10-14-24(15-17)18-9-11-20-19(22-18)23-12-5-2-6-13-23/h1,3-4,7-9,11,17,21H,2,5-6,10,12-15H2/t17-/m1/s1. The SMILES string of the molecule is c1ccc(N[C@@H]2CCN(c3ccnc(N4CCCCC4)n3)C2)cc1. The van der Waals surface area contributed by atoms with Crippen LogP contribution in [0.4, 0.5) is 17.5 Å². The lowest BCUT2D eigenvalue weighted by Gasteiger charge is -2.27. The predicted octanol–water partition coefficient (Wildman–Crippen LogP) is 3.16. The van der Waals surface area contributed by atoms with E-state index in [1.165, 1.54) is 24.9 Å². The monoisotopic (exact) mass is 323 g/mol. The highest BCUT2D eigenvalue weighted by Gasteiger charge is 2.24. The first-order valence-electron chi connectivity index (χ1n) is 9.03. The van der Waals surface area contributed by atoms with Gasteiger partial charge in [0.25, 0.3) is 0 Å². The molecule has 0 unspecified atom stereocenters. The molecule has 1 atom stereocenters. The van der Waals surface area contributed by atoms with E-state index in [-0.39, 0.29) is 0 Å². The summed E-state index contributed by atoms with van der Waals surface area (Å²) >= 11 is 0. The van der Waals surface area contributed by atoms with Crippen molar-refractivity contribution in [1.82, 2.24) is 9.97 Å². The highest BCUT2D eigenvalue weighted by Crippen LogP contribution is 2.23. The highest BCUT2D eigenvalue weighted by molar-refractivity contribution is 5.48. The Bertz CT molecular complexity index is 654. The number of anilines is 3. The highest BCUT2D eigenvalue weighted by atomic mass is 15.3. The molecule has 1 N–H and O–H groups in total. The Kier molecular flexibility index (Phi) is 4.49. The van der Waals surface area contributed by atoms with Crippen LogP contribution in [0.15, 0.2) is 42.6 Å². The fourth-order valence-electron chi connectivity index (χ4n) is 3.62. The molecule has 2 aliphatic heterocycles. The molecule has 2 aromatic rings. The van der Waals surface area contributed by atoms with Crippen LogP contribution in [-0.2, 0) is 0 Å². The van der Waals surface area contributed by atoms with Crippen LogP contribution in [0.5, 0.6) is 0 Å². The number of nitrogens with one attached hydrogen (secondary N) is 1. The number of hydrogen-bond acceptors (Lipinski definition) is 5. The number of hydrogen-bond donors (Lipinski definition) is 1. The summed E-state index contributed by atoms with van der Waals surface area (Å²) in [6, 6.07) is 13.0. The van der Waals surface area contributed by atoms with E-state index in [0.717, 1.165) is 44.4 Å². The van der Waals surface area contributed by atoms with E-state index in [4.69, 9.17) is 4.98 Å². The molecule has 2 aliphatic rings. The Morgan fingerprint density at radius 2 is 1.75 bits per heavy atom. The molecule has 1 aromatic heterocycles. The van der Waals surface area contributed by atoms with Gasteiger partial charge in [-0.15, -0.1) is 0 Å². The van der Waals surface area contributed by atoms with Crippen LogP contribution >= 0.6 is 0 Å². The van der Waals surface area contributed by atoms with Crippen LogP contribution < -0.4 is 15.1 Å². The summed E-state index contributed by atoms with van der Waals surface area (Å²) in [6.45, 7) is 4.20. The molecule has 5 nitrogen and oxygen atoms in total. The number of piperidine rings is 1. The molecule has 0 amide bonds. The smallest absolute Gasteiger partial charge is 0.227 e. The van der Waals surface area contributed by atoms with Crippen LogP contribution in [0.3, 0.4) is 0 Å². The van der Waals surface area contributed by atoms with Crippen molar-refractivity contribution in [3.63, 3.8) is 0 Å². The lowest BCUT2D eigenvalue weighted by Crippen LogP contribution is -2.32. The largest absolute Gasteiger partial charge is 0.380 e. The number of benzene rings is 1. The van der Waals surface area contributed by atoms with Crippen molar-refractivity contribution in [3.05, 3.63) is 42.6 Å². The molecular weight excluding hydrogens is 298 g/mol. The van der Waals surface area contributed by atoms with Crippen molar-refractivity contribution < 1.29 is 0 Å². The first kappa shape index (κ1) is 15.2. The van der Waals surface area contributed by atoms with Gasteiger partial charge in [-0.2, -0.15) is 4.98 Å². The number of nitrogens with zero attached hydrogens (tertiary/aromatic N) is 4. The van der Waals surface area contributed by atoms with Gasteiger partial charge in [-0.3, -0.25) is 0 Å². The minimum Gasteiger partial charge on any atom is -0.380 e. The molecule has 126 valence electrons. The van der Waals surface area contributed by atoms with Crippen LogP contribution in [-0.4, -0.2) is 42.2 Å². The number of aromatic nitrogens is 2. The zero-order valence-corrected chi connectivity index (χ0v) is 14.1. The molecule has 0 aliphatic carbocycles. The van der Waals surface area contributed by atoms with Gasteiger partial charge in [0.05, 0.1) is 0 Å². The van der Waals surface area contributed by atoms with Crippen LogP contribution in [0.25, 0.3) is 0 Å². The second-order valence-corrected chi connectivity index (χ2v) is 6.70. The van der Waals surface area contributed by atoms with Gasteiger partial charge < -0.3 is 15.1 Å². The molecule has 0 radical (unpaired) electrons. The Balaban J connectivity index is 1.41. The molecule has 5 heteroatoms. The van der Waals surface area contributed by atoms with Gasteiger partial charge in [0, 0.05) is 44.1 Å². The molecule has 0 spiro atoms. The van der Waals surface area contributed by atoms with Crippen molar-refractivity contribution in [2.45, 2.75) is 31.7 Å². The summed E-state index contributed by atoms with van der Waals surface area (Å²) in [5.74, 6) is 1.95. The summed E-state index contributed by atoms with van der Waals surface area (Å²) in [6.07, 6.45) is 6.87. The van der Waals surface area contributed by atoms with Crippen molar-refractivity contribution in [3.8, 4) is 0 Å². The normalized spacial score (nSPS) is 21.1. The van der Waals surface area contributed by atoms with Gasteiger partial charge >= 0.3 is 0 Å². The zero-order valence-electron chi connectivity index (χ0n) is 14.1. The number of rotatable bonds is 4. The molecule has 0 bridgehead atoms. The molecular formula is C19H25N5. The van der Waals surface area contributed by atoms with E-state index in [1.807, 2.05) is 12.3 Å². The summed E-state index contributed by atoms with van der Waals surface area (Å²) in [4.78, 5) is 14.0. The van der Waals surface area contributed by atoms with Crippen LogP contribution in [0, 0.1) is 0 Å². The molecule has 0 saturated carbocycles. The molecule has 2 fully saturated rings. The average molecular weight is 323 g/mol. The van der Waals surface area contributed by atoms with E-state index >= 15 is 0 Å². The zero-order chi connectivity index (χ0) is 16.2. The summed E-state index contributed by atoms with van der Waals surface area (Å²) in [5, 5.41) is 3.62. The van der Waals surface area contributed by atoms with Crippen LogP contribution in [0.2, 0.25) is 0 Å². The first-order chi connectivity index (χ1) is 11.9. The summed E-state index contributed by atoms with van der Waals surface area (Å²) in [5.41, 5.74) is 1.20. The molecule has 24 heavy (non-hydrogen) atoms. The first-order valence-corrected chi connectivity index (χ1v) is 9.03. The third kappa shape index (κ3) is 3.45. The molecule has 3 heterocycles.